The molecule has 0 N–H and O–H groups in total. The molecule has 1 atom stereocenters. The van der Waals surface area contributed by atoms with Crippen LogP contribution in [0.15, 0.2) is 41.5 Å². The smallest absolute Gasteiger partial charge is 0.0347 e. The third-order valence-corrected chi connectivity index (χ3v) is 3.97. The number of rotatable bonds is 3. The molecule has 1 unspecified atom stereocenters. The lowest BCUT2D eigenvalue weighted by Crippen LogP contribution is -2.39. The Morgan fingerprint density at radius 2 is 1.94 bits per heavy atom. The summed E-state index contributed by atoms with van der Waals surface area (Å²) >= 11 is 0. The summed E-state index contributed by atoms with van der Waals surface area (Å²) in [5, 5.41) is 0. The van der Waals surface area contributed by atoms with Gasteiger partial charge in [0.2, 0.25) is 0 Å². The number of likely N-dealkylation sites (N-methyl/N-ethyl adjacent to an activating group) is 1. The largest absolute Gasteiger partial charge is 0.299 e. The molecule has 0 amide bonds. The van der Waals surface area contributed by atoms with E-state index in [0.29, 0.717) is 6.04 Å². The molecule has 2 rings (SSSR count). The maximum atomic E-state index is 2.51. The van der Waals surface area contributed by atoms with E-state index in [1.54, 1.807) is 11.1 Å². The van der Waals surface area contributed by atoms with Crippen LogP contribution in [0.1, 0.15) is 32.3 Å². The Morgan fingerprint density at radius 3 is 2.59 bits per heavy atom. The zero-order valence-corrected chi connectivity index (χ0v) is 11.2. The van der Waals surface area contributed by atoms with Crippen molar-refractivity contribution in [2.45, 2.75) is 39.2 Å². The average Bonchev–Trinajstić information content (AvgIpc) is 2.35. The minimum absolute atomic E-state index is 0.608. The van der Waals surface area contributed by atoms with Crippen LogP contribution in [0.5, 0.6) is 0 Å². The molecule has 1 nitrogen and oxygen atoms in total. The highest BCUT2D eigenvalue weighted by Gasteiger charge is 2.24. The molecule has 0 aliphatic carbocycles. The summed E-state index contributed by atoms with van der Waals surface area (Å²) < 4.78 is 0. The second-order valence-electron chi connectivity index (χ2n) is 5.10. The molecule has 1 heterocycles. The minimum atomic E-state index is 0.608. The average molecular weight is 229 g/mol. The molecule has 1 aliphatic rings. The van der Waals surface area contributed by atoms with Crippen molar-refractivity contribution in [3.05, 3.63) is 47.0 Å². The summed E-state index contributed by atoms with van der Waals surface area (Å²) in [5.74, 6) is 0. The van der Waals surface area contributed by atoms with Gasteiger partial charge in [-0.1, -0.05) is 48.4 Å². The van der Waals surface area contributed by atoms with E-state index in [0.717, 1.165) is 6.42 Å². The van der Waals surface area contributed by atoms with E-state index < -0.39 is 0 Å². The van der Waals surface area contributed by atoms with E-state index in [4.69, 9.17) is 0 Å². The van der Waals surface area contributed by atoms with Crippen LogP contribution in [0, 0.1) is 0 Å². The van der Waals surface area contributed by atoms with Crippen molar-refractivity contribution in [2.24, 2.45) is 0 Å². The van der Waals surface area contributed by atoms with Crippen LogP contribution < -0.4 is 0 Å². The van der Waals surface area contributed by atoms with E-state index in [-0.39, 0.29) is 0 Å². The maximum absolute atomic E-state index is 2.51. The Kier molecular flexibility index (Phi) is 4.01. The van der Waals surface area contributed by atoms with E-state index >= 15 is 0 Å². The monoisotopic (exact) mass is 229 g/mol. The summed E-state index contributed by atoms with van der Waals surface area (Å²) in [4.78, 5) is 2.51. The zero-order chi connectivity index (χ0) is 12.3. The predicted octanol–water partition coefficient (Wildman–Crippen LogP) is 3.66. The van der Waals surface area contributed by atoms with E-state index in [1.165, 1.54) is 24.9 Å². The molecule has 17 heavy (non-hydrogen) atoms. The van der Waals surface area contributed by atoms with Gasteiger partial charge < -0.3 is 0 Å². The lowest BCUT2D eigenvalue weighted by molar-refractivity contribution is 0.251. The molecule has 0 saturated heterocycles. The molecule has 0 spiro atoms. The molecule has 1 aromatic rings. The van der Waals surface area contributed by atoms with Crippen molar-refractivity contribution in [3.63, 3.8) is 0 Å². The van der Waals surface area contributed by atoms with E-state index in [2.05, 4.69) is 56.1 Å². The molecule has 1 aromatic carbocycles. The molecule has 1 heteroatoms. The lowest BCUT2D eigenvalue weighted by Gasteiger charge is -2.36. The van der Waals surface area contributed by atoms with Crippen LogP contribution in [-0.2, 0) is 6.42 Å². The van der Waals surface area contributed by atoms with Gasteiger partial charge in [-0.25, -0.2) is 0 Å². The highest BCUT2D eigenvalue weighted by atomic mass is 15.1. The fourth-order valence-electron chi connectivity index (χ4n) is 2.86. The third kappa shape index (κ3) is 2.78. The van der Waals surface area contributed by atoms with Crippen molar-refractivity contribution in [1.82, 2.24) is 4.90 Å². The van der Waals surface area contributed by atoms with Gasteiger partial charge in [0.15, 0.2) is 0 Å². The Labute approximate surface area is 105 Å². The first-order valence-corrected chi connectivity index (χ1v) is 6.65. The molecule has 1 aliphatic heterocycles. The summed E-state index contributed by atoms with van der Waals surface area (Å²) in [6.07, 6.45) is 3.58. The molecule has 0 bridgehead atoms. The topological polar surface area (TPSA) is 3.24 Å². The van der Waals surface area contributed by atoms with Gasteiger partial charge in [0.25, 0.3) is 0 Å². The normalized spacial score (nSPS) is 21.9. The van der Waals surface area contributed by atoms with Crippen molar-refractivity contribution >= 4 is 0 Å². The van der Waals surface area contributed by atoms with E-state index in [1.807, 2.05) is 0 Å². The first-order valence-electron chi connectivity index (χ1n) is 6.65. The van der Waals surface area contributed by atoms with Crippen LogP contribution in [-0.4, -0.2) is 24.5 Å². The lowest BCUT2D eigenvalue weighted by atomic mass is 9.88. The van der Waals surface area contributed by atoms with Crippen LogP contribution in [0.25, 0.3) is 0 Å². The highest BCUT2D eigenvalue weighted by Crippen LogP contribution is 2.27. The third-order valence-electron chi connectivity index (χ3n) is 3.97. The Balaban J connectivity index is 2.20. The zero-order valence-electron chi connectivity index (χ0n) is 11.2. The fraction of sp³-hybridized carbons (Fsp3) is 0.500. The first kappa shape index (κ1) is 12.4. The molecule has 92 valence electrons. The van der Waals surface area contributed by atoms with Gasteiger partial charge >= 0.3 is 0 Å². The van der Waals surface area contributed by atoms with Gasteiger partial charge in [-0.3, -0.25) is 4.90 Å². The Bertz CT molecular complexity index is 391. The number of benzene rings is 1. The van der Waals surface area contributed by atoms with Crippen LogP contribution in [0.2, 0.25) is 0 Å². The quantitative estimate of drug-likeness (QED) is 0.715. The summed E-state index contributed by atoms with van der Waals surface area (Å²) in [6.45, 7) is 5.80. The standard InChI is InChI=1S/C16H23N/c1-4-15-13(2)10-11-17(3)16(15)12-14-8-6-5-7-9-14/h5-9,16H,4,10-12H2,1-3H3. The Hall–Kier alpha value is -1.08. The SMILES string of the molecule is CCC1=C(C)CCN(C)C1Cc1ccccc1. The summed E-state index contributed by atoms with van der Waals surface area (Å²) in [6, 6.07) is 11.5. The van der Waals surface area contributed by atoms with Gasteiger partial charge in [-0.15, -0.1) is 0 Å². The van der Waals surface area contributed by atoms with Crippen molar-refractivity contribution in [3.8, 4) is 0 Å². The van der Waals surface area contributed by atoms with E-state index in [9.17, 15) is 0 Å². The Morgan fingerprint density at radius 1 is 1.24 bits per heavy atom. The first-order chi connectivity index (χ1) is 8.22. The van der Waals surface area contributed by atoms with Gasteiger partial charge in [-0.05, 0) is 38.8 Å². The predicted molar refractivity (Wildman–Crippen MR) is 74.2 cm³/mol. The van der Waals surface area contributed by atoms with Gasteiger partial charge in [0.1, 0.15) is 0 Å². The van der Waals surface area contributed by atoms with Crippen LogP contribution in [0.3, 0.4) is 0 Å². The summed E-state index contributed by atoms with van der Waals surface area (Å²) in [5.41, 5.74) is 4.72. The van der Waals surface area contributed by atoms with Crippen LogP contribution in [0.4, 0.5) is 0 Å². The number of hydrogen-bond donors (Lipinski definition) is 0. The molecule has 0 radical (unpaired) electrons. The maximum Gasteiger partial charge on any atom is 0.0347 e. The molecule has 0 aromatic heterocycles. The molecular formula is C16H23N. The van der Waals surface area contributed by atoms with Gasteiger partial charge in [-0.2, -0.15) is 0 Å². The van der Waals surface area contributed by atoms with Crippen molar-refractivity contribution in [1.29, 1.82) is 0 Å². The summed E-state index contributed by atoms with van der Waals surface area (Å²) in [7, 11) is 2.26. The fourth-order valence-corrected chi connectivity index (χ4v) is 2.86. The van der Waals surface area contributed by atoms with Gasteiger partial charge in [0, 0.05) is 12.6 Å². The second kappa shape index (κ2) is 5.50. The second-order valence-corrected chi connectivity index (χ2v) is 5.10. The molecular weight excluding hydrogens is 206 g/mol. The van der Waals surface area contributed by atoms with Crippen molar-refractivity contribution in [2.75, 3.05) is 13.6 Å². The minimum Gasteiger partial charge on any atom is -0.299 e. The molecule has 0 fully saturated rings. The van der Waals surface area contributed by atoms with Crippen molar-refractivity contribution < 1.29 is 0 Å². The molecule has 0 saturated carbocycles. The highest BCUT2D eigenvalue weighted by molar-refractivity contribution is 5.26. The number of nitrogens with zero attached hydrogens (tertiary/aromatic N) is 1. The number of hydrogen-bond acceptors (Lipinski definition) is 1. The van der Waals surface area contributed by atoms with Gasteiger partial charge in [0.05, 0.1) is 0 Å². The van der Waals surface area contributed by atoms with Crippen LogP contribution >= 0.6 is 0 Å².